The zero-order valence-electron chi connectivity index (χ0n) is 23.0. The highest BCUT2D eigenvalue weighted by molar-refractivity contribution is 5.90. The zero-order valence-corrected chi connectivity index (χ0v) is 23.0. The van der Waals surface area contributed by atoms with E-state index in [1.54, 1.807) is 0 Å². The summed E-state index contributed by atoms with van der Waals surface area (Å²) >= 11 is 0. The number of carboxylic acids is 1. The van der Waals surface area contributed by atoms with Gasteiger partial charge in [-0.05, 0) is 55.3 Å². The normalized spacial score (nSPS) is 38.2. The van der Waals surface area contributed by atoms with Gasteiger partial charge in [0.1, 0.15) is 11.7 Å². The molecule has 0 heterocycles. The van der Waals surface area contributed by atoms with E-state index in [-0.39, 0.29) is 30.3 Å². The summed E-state index contributed by atoms with van der Waals surface area (Å²) in [6.07, 6.45) is 16.2. The fourth-order valence-electron chi connectivity index (χ4n) is 9.32. The third-order valence-electron chi connectivity index (χ3n) is 10.8. The van der Waals surface area contributed by atoms with Crippen LogP contribution in [0.25, 0.3) is 0 Å². The molecular formula is C31H48O5. The van der Waals surface area contributed by atoms with E-state index in [2.05, 4.69) is 19.9 Å². The van der Waals surface area contributed by atoms with Gasteiger partial charge < -0.3 is 14.6 Å². The molecule has 0 aromatic carbocycles. The molecule has 0 radical (unpaired) electrons. The number of aliphatic carboxylic acids is 1. The lowest BCUT2D eigenvalue weighted by Crippen LogP contribution is -2.63. The van der Waals surface area contributed by atoms with Crippen LogP contribution in [0.1, 0.15) is 111 Å². The van der Waals surface area contributed by atoms with Gasteiger partial charge >= 0.3 is 11.9 Å². The first-order valence-electron chi connectivity index (χ1n) is 14.8. The summed E-state index contributed by atoms with van der Waals surface area (Å²) in [5, 5.41) is 11.0. The molecule has 0 unspecified atom stereocenters. The number of fused-ring (bicyclic) bond motifs is 2. The van der Waals surface area contributed by atoms with Crippen molar-refractivity contribution in [1.82, 2.24) is 0 Å². The summed E-state index contributed by atoms with van der Waals surface area (Å²) in [6, 6.07) is 0. The Balaban J connectivity index is 1.50. The Bertz CT molecular complexity index is 876. The molecule has 0 aliphatic heterocycles. The van der Waals surface area contributed by atoms with Crippen molar-refractivity contribution in [3.63, 3.8) is 0 Å². The number of ether oxygens (including phenoxy) is 1. The third kappa shape index (κ3) is 3.89. The van der Waals surface area contributed by atoms with Gasteiger partial charge in [0, 0.05) is 11.8 Å². The molecular weight excluding hydrogens is 452 g/mol. The molecule has 4 bridgehead atoms. The largest absolute Gasteiger partial charge is 0.481 e. The van der Waals surface area contributed by atoms with Crippen molar-refractivity contribution in [3.05, 3.63) is 11.6 Å². The van der Waals surface area contributed by atoms with Crippen molar-refractivity contribution in [2.75, 3.05) is 6.61 Å². The van der Waals surface area contributed by atoms with Gasteiger partial charge in [-0.1, -0.05) is 90.7 Å². The average molecular weight is 501 g/mol. The molecule has 5 heteroatoms. The number of carbonyl (C=O) groups is 3. The Morgan fingerprint density at radius 2 is 1.75 bits per heavy atom. The van der Waals surface area contributed by atoms with E-state index in [9.17, 15) is 19.5 Å². The maximum absolute atomic E-state index is 13.4. The van der Waals surface area contributed by atoms with E-state index < -0.39 is 22.2 Å². The molecule has 36 heavy (non-hydrogen) atoms. The molecule has 0 amide bonds. The lowest BCUT2D eigenvalue weighted by Gasteiger charge is -2.58. The SMILES string of the molecule is CCCCCCCCCCC(=O)OC[C@]12C[C@H]3[C@@H](C)CC[C@@H]3[C@]3(C=O)C[C@H]1C=C(C(C)C)[C@]23C(=O)O. The van der Waals surface area contributed by atoms with Gasteiger partial charge in [0.05, 0.1) is 12.0 Å². The number of rotatable bonds is 14. The Hall–Kier alpha value is -1.65. The zero-order chi connectivity index (χ0) is 26.1. The van der Waals surface area contributed by atoms with Crippen LogP contribution in [-0.2, 0) is 19.1 Å². The predicted octanol–water partition coefficient (Wildman–Crippen LogP) is 6.99. The number of hydrogen-bond acceptors (Lipinski definition) is 4. The van der Waals surface area contributed by atoms with E-state index in [1.807, 2.05) is 13.8 Å². The Morgan fingerprint density at radius 3 is 2.36 bits per heavy atom. The summed E-state index contributed by atoms with van der Waals surface area (Å²) < 4.78 is 5.97. The molecule has 0 spiro atoms. The molecule has 4 rings (SSSR count). The highest BCUT2D eigenvalue weighted by atomic mass is 16.5. The van der Waals surface area contributed by atoms with Gasteiger partial charge in [-0.25, -0.2) is 0 Å². The number of carboxylic acid groups (broad SMARTS) is 1. The molecule has 0 aromatic rings. The first kappa shape index (κ1) is 27.4. The third-order valence-corrected chi connectivity index (χ3v) is 10.8. The second-order valence-corrected chi connectivity index (χ2v) is 12.9. The molecule has 202 valence electrons. The highest BCUT2D eigenvalue weighted by Gasteiger charge is 2.84. The van der Waals surface area contributed by atoms with Gasteiger partial charge in [-0.3, -0.25) is 9.59 Å². The summed E-state index contributed by atoms with van der Waals surface area (Å²) in [5.41, 5.74) is -1.97. The number of unbranched alkanes of at least 4 members (excludes halogenated alkanes) is 7. The van der Waals surface area contributed by atoms with E-state index in [0.717, 1.165) is 50.4 Å². The lowest BCUT2D eigenvalue weighted by molar-refractivity contribution is -0.189. The summed E-state index contributed by atoms with van der Waals surface area (Å²) in [4.78, 5) is 39.3. The van der Waals surface area contributed by atoms with Crippen molar-refractivity contribution in [2.24, 2.45) is 45.8 Å². The van der Waals surface area contributed by atoms with E-state index in [4.69, 9.17) is 4.74 Å². The summed E-state index contributed by atoms with van der Waals surface area (Å²) in [6.45, 7) is 8.68. The first-order chi connectivity index (χ1) is 17.2. The van der Waals surface area contributed by atoms with E-state index in [0.29, 0.717) is 24.7 Å². The molecule has 7 atom stereocenters. The monoisotopic (exact) mass is 500 g/mol. The van der Waals surface area contributed by atoms with Gasteiger partial charge in [0.2, 0.25) is 0 Å². The van der Waals surface area contributed by atoms with Gasteiger partial charge in [0.15, 0.2) is 0 Å². The van der Waals surface area contributed by atoms with Crippen molar-refractivity contribution in [2.45, 2.75) is 111 Å². The minimum absolute atomic E-state index is 0.0232. The van der Waals surface area contributed by atoms with Crippen LogP contribution in [-0.4, -0.2) is 29.9 Å². The standard InChI is InChI=1S/C31H48O5/c1-5-6-7-8-9-10-11-12-13-27(33)36-20-30-18-24-22(4)14-15-25(24)29(19-32)17-23(30)16-26(21(2)3)31(29,30)28(34)35/h16,19,21-25H,5-15,17-18,20H2,1-4H3,(H,34,35)/t22-,23+,24-,25-,29+,30+,31+/m0/s1. The maximum Gasteiger partial charge on any atom is 0.315 e. The topological polar surface area (TPSA) is 80.7 Å². The molecule has 0 aromatic heterocycles. The van der Waals surface area contributed by atoms with Gasteiger partial charge in [0.25, 0.3) is 0 Å². The quantitative estimate of drug-likeness (QED) is 0.120. The summed E-state index contributed by atoms with van der Waals surface area (Å²) in [7, 11) is 0. The van der Waals surface area contributed by atoms with Crippen LogP contribution in [0.2, 0.25) is 0 Å². The smallest absolute Gasteiger partial charge is 0.315 e. The Labute approximate surface area is 217 Å². The molecule has 1 N–H and O–H groups in total. The number of hydrogen-bond donors (Lipinski definition) is 1. The maximum atomic E-state index is 13.4. The first-order valence-corrected chi connectivity index (χ1v) is 14.8. The fraction of sp³-hybridized carbons (Fsp3) is 0.839. The average Bonchev–Trinajstić information content (AvgIpc) is 3.42. The number of allylic oxidation sites excluding steroid dienone is 1. The minimum atomic E-state index is -1.26. The van der Waals surface area contributed by atoms with Crippen LogP contribution in [0.5, 0.6) is 0 Å². The second-order valence-electron chi connectivity index (χ2n) is 12.9. The van der Waals surface area contributed by atoms with Crippen molar-refractivity contribution < 1.29 is 24.2 Å². The van der Waals surface area contributed by atoms with Gasteiger partial charge in [-0.15, -0.1) is 0 Å². The lowest BCUT2D eigenvalue weighted by atomic mass is 9.43. The molecule has 4 aliphatic carbocycles. The van der Waals surface area contributed by atoms with Crippen LogP contribution in [0, 0.1) is 45.8 Å². The second kappa shape index (κ2) is 10.6. The van der Waals surface area contributed by atoms with E-state index >= 15 is 0 Å². The highest BCUT2D eigenvalue weighted by Crippen LogP contribution is 2.82. The Morgan fingerprint density at radius 1 is 1.08 bits per heavy atom. The van der Waals surface area contributed by atoms with Crippen molar-refractivity contribution in [1.29, 1.82) is 0 Å². The number of carbonyl (C=O) groups excluding carboxylic acids is 2. The molecule has 3 saturated carbocycles. The molecule has 5 nitrogen and oxygen atoms in total. The summed E-state index contributed by atoms with van der Waals surface area (Å²) in [5.74, 6) is -0.196. The van der Waals surface area contributed by atoms with Crippen LogP contribution in [0.15, 0.2) is 11.6 Å². The predicted molar refractivity (Wildman–Crippen MR) is 140 cm³/mol. The minimum Gasteiger partial charge on any atom is -0.481 e. The molecule has 3 fully saturated rings. The van der Waals surface area contributed by atoms with Crippen molar-refractivity contribution in [3.8, 4) is 0 Å². The fourth-order valence-corrected chi connectivity index (χ4v) is 9.32. The van der Waals surface area contributed by atoms with Crippen LogP contribution in [0.4, 0.5) is 0 Å². The Kier molecular flexibility index (Phi) is 8.07. The molecule has 0 saturated heterocycles. The van der Waals surface area contributed by atoms with Crippen LogP contribution < -0.4 is 0 Å². The van der Waals surface area contributed by atoms with E-state index in [1.165, 1.54) is 32.1 Å². The number of aldehydes is 1. The van der Waals surface area contributed by atoms with Crippen LogP contribution in [0.3, 0.4) is 0 Å². The van der Waals surface area contributed by atoms with Crippen molar-refractivity contribution >= 4 is 18.2 Å². The van der Waals surface area contributed by atoms with Gasteiger partial charge in [-0.2, -0.15) is 0 Å². The number of esters is 1. The van der Waals surface area contributed by atoms with Crippen LogP contribution >= 0.6 is 0 Å². The molecule has 4 aliphatic rings.